The SMILES string of the molecule is Cc1cc(C(C)NCCC2CCN(C(=O)OC(C)(C)C)C2)c(C)s1. The van der Waals surface area contributed by atoms with Gasteiger partial charge in [0.05, 0.1) is 0 Å². The van der Waals surface area contributed by atoms with Gasteiger partial charge in [-0.1, -0.05) is 0 Å². The number of carbonyl (C=O) groups is 1. The minimum Gasteiger partial charge on any atom is -0.444 e. The zero-order valence-corrected chi connectivity index (χ0v) is 16.8. The van der Waals surface area contributed by atoms with Gasteiger partial charge in [0.25, 0.3) is 0 Å². The number of ether oxygens (including phenoxy) is 1. The van der Waals surface area contributed by atoms with E-state index in [0.29, 0.717) is 12.0 Å². The van der Waals surface area contributed by atoms with Crippen LogP contribution in [0.4, 0.5) is 4.79 Å². The number of amides is 1. The van der Waals surface area contributed by atoms with Crippen molar-refractivity contribution in [2.24, 2.45) is 5.92 Å². The number of nitrogens with zero attached hydrogens (tertiary/aromatic N) is 1. The number of nitrogens with one attached hydrogen (secondary N) is 1. The predicted molar refractivity (Wildman–Crippen MR) is 101 cm³/mol. The van der Waals surface area contributed by atoms with Gasteiger partial charge in [0.1, 0.15) is 5.60 Å². The third-order valence-corrected chi connectivity index (χ3v) is 5.47. The number of rotatable bonds is 5. The van der Waals surface area contributed by atoms with Crippen LogP contribution < -0.4 is 5.32 Å². The van der Waals surface area contributed by atoms with E-state index in [0.717, 1.165) is 32.5 Å². The molecule has 136 valence electrons. The van der Waals surface area contributed by atoms with Gasteiger partial charge in [0.15, 0.2) is 0 Å². The summed E-state index contributed by atoms with van der Waals surface area (Å²) in [6.07, 6.45) is 2.01. The van der Waals surface area contributed by atoms with Crippen LogP contribution in [0.5, 0.6) is 0 Å². The van der Waals surface area contributed by atoms with Crippen LogP contribution in [-0.2, 0) is 4.74 Å². The van der Waals surface area contributed by atoms with E-state index >= 15 is 0 Å². The lowest BCUT2D eigenvalue weighted by Crippen LogP contribution is -2.35. The Morgan fingerprint density at radius 3 is 2.75 bits per heavy atom. The van der Waals surface area contributed by atoms with Gasteiger partial charge in [-0.15, -0.1) is 11.3 Å². The van der Waals surface area contributed by atoms with E-state index in [1.807, 2.05) is 37.0 Å². The summed E-state index contributed by atoms with van der Waals surface area (Å²) in [5, 5.41) is 3.63. The average molecular weight is 353 g/mol. The van der Waals surface area contributed by atoms with Crippen molar-refractivity contribution in [2.75, 3.05) is 19.6 Å². The highest BCUT2D eigenvalue weighted by Crippen LogP contribution is 2.26. The fourth-order valence-electron chi connectivity index (χ4n) is 3.25. The largest absolute Gasteiger partial charge is 0.444 e. The minimum atomic E-state index is -0.414. The Balaban J connectivity index is 1.72. The molecule has 1 aromatic heterocycles. The lowest BCUT2D eigenvalue weighted by Gasteiger charge is -2.24. The van der Waals surface area contributed by atoms with Crippen LogP contribution in [0.2, 0.25) is 0 Å². The van der Waals surface area contributed by atoms with Gasteiger partial charge < -0.3 is 15.0 Å². The zero-order chi connectivity index (χ0) is 17.9. The van der Waals surface area contributed by atoms with Crippen LogP contribution in [-0.4, -0.2) is 36.2 Å². The fourth-order valence-corrected chi connectivity index (χ4v) is 4.28. The molecule has 1 aromatic rings. The first-order chi connectivity index (χ1) is 11.2. The third-order valence-electron chi connectivity index (χ3n) is 4.49. The molecule has 0 aliphatic carbocycles. The van der Waals surface area contributed by atoms with Crippen LogP contribution in [0, 0.1) is 19.8 Å². The minimum absolute atomic E-state index is 0.171. The van der Waals surface area contributed by atoms with Crippen molar-refractivity contribution in [1.29, 1.82) is 0 Å². The Hall–Kier alpha value is -1.07. The maximum atomic E-state index is 12.1. The Morgan fingerprint density at radius 1 is 1.46 bits per heavy atom. The fraction of sp³-hybridized carbons (Fsp3) is 0.737. The molecule has 2 unspecified atom stereocenters. The number of aryl methyl sites for hydroxylation is 2. The van der Waals surface area contributed by atoms with Gasteiger partial charge in [-0.3, -0.25) is 0 Å². The highest BCUT2D eigenvalue weighted by Gasteiger charge is 2.29. The quantitative estimate of drug-likeness (QED) is 0.838. The molecule has 0 radical (unpaired) electrons. The molecule has 0 spiro atoms. The summed E-state index contributed by atoms with van der Waals surface area (Å²) in [5.41, 5.74) is 1.00. The standard InChI is InChI=1S/C19H32N2O2S/c1-13-11-17(15(3)24-13)14(2)20-9-7-16-8-10-21(12-16)18(22)23-19(4,5)6/h11,14,16,20H,7-10,12H2,1-6H3. The first kappa shape index (κ1) is 19.3. The number of hydrogen-bond donors (Lipinski definition) is 1. The van der Waals surface area contributed by atoms with E-state index in [4.69, 9.17) is 4.74 Å². The molecule has 0 aromatic carbocycles. The predicted octanol–water partition coefficient (Wildman–Crippen LogP) is 4.66. The molecule has 1 saturated heterocycles. The molecule has 1 fully saturated rings. The molecule has 1 N–H and O–H groups in total. The summed E-state index contributed by atoms with van der Waals surface area (Å²) in [4.78, 5) is 16.7. The molecule has 5 heteroatoms. The number of carbonyl (C=O) groups excluding carboxylic acids is 1. The van der Waals surface area contributed by atoms with Crippen LogP contribution in [0.3, 0.4) is 0 Å². The molecule has 0 bridgehead atoms. The number of hydrogen-bond acceptors (Lipinski definition) is 4. The van der Waals surface area contributed by atoms with Crippen LogP contribution >= 0.6 is 11.3 Å². The van der Waals surface area contributed by atoms with Gasteiger partial charge in [0, 0.05) is 28.9 Å². The molecule has 1 aliphatic heterocycles. The van der Waals surface area contributed by atoms with Crippen molar-refractivity contribution in [2.45, 2.75) is 66.0 Å². The Kier molecular flexibility index (Phi) is 6.32. The van der Waals surface area contributed by atoms with Gasteiger partial charge >= 0.3 is 6.09 Å². The van der Waals surface area contributed by atoms with Crippen LogP contribution in [0.15, 0.2) is 6.07 Å². The van der Waals surface area contributed by atoms with E-state index in [-0.39, 0.29) is 6.09 Å². The number of thiophene rings is 1. The summed E-state index contributed by atoms with van der Waals surface area (Å²) in [6.45, 7) is 15.0. The number of likely N-dealkylation sites (tertiary alicyclic amines) is 1. The summed E-state index contributed by atoms with van der Waals surface area (Å²) in [7, 11) is 0. The second-order valence-corrected chi connectivity index (χ2v) is 9.37. The Labute approximate surface area is 150 Å². The van der Waals surface area contributed by atoms with Crippen molar-refractivity contribution in [1.82, 2.24) is 10.2 Å². The molecular weight excluding hydrogens is 320 g/mol. The van der Waals surface area contributed by atoms with E-state index < -0.39 is 5.60 Å². The second kappa shape index (κ2) is 7.87. The highest BCUT2D eigenvalue weighted by atomic mass is 32.1. The van der Waals surface area contributed by atoms with Gasteiger partial charge in [-0.25, -0.2) is 4.79 Å². The molecule has 2 rings (SSSR count). The maximum absolute atomic E-state index is 12.1. The third kappa shape index (κ3) is 5.49. The van der Waals surface area contributed by atoms with E-state index in [1.165, 1.54) is 15.3 Å². The molecule has 0 saturated carbocycles. The second-order valence-electron chi connectivity index (χ2n) is 7.91. The average Bonchev–Trinajstić information content (AvgIpc) is 3.03. The van der Waals surface area contributed by atoms with Gasteiger partial charge in [0.2, 0.25) is 0 Å². The maximum Gasteiger partial charge on any atom is 0.410 e. The Bertz CT molecular complexity index is 562. The summed E-state index contributed by atoms with van der Waals surface area (Å²) in [6, 6.07) is 2.68. The monoisotopic (exact) mass is 352 g/mol. The van der Waals surface area contributed by atoms with Gasteiger partial charge in [-0.2, -0.15) is 0 Å². The molecule has 24 heavy (non-hydrogen) atoms. The summed E-state index contributed by atoms with van der Waals surface area (Å²) >= 11 is 1.87. The Morgan fingerprint density at radius 2 is 2.17 bits per heavy atom. The molecule has 2 heterocycles. The molecule has 4 nitrogen and oxygen atoms in total. The van der Waals surface area contributed by atoms with Crippen molar-refractivity contribution in [3.05, 3.63) is 21.4 Å². The van der Waals surface area contributed by atoms with Crippen molar-refractivity contribution in [3.63, 3.8) is 0 Å². The zero-order valence-electron chi connectivity index (χ0n) is 15.9. The molecule has 1 aliphatic rings. The van der Waals surface area contributed by atoms with Gasteiger partial charge in [-0.05, 0) is 78.5 Å². The van der Waals surface area contributed by atoms with Crippen LogP contribution in [0.1, 0.15) is 61.9 Å². The topological polar surface area (TPSA) is 41.6 Å². The summed E-state index contributed by atoms with van der Waals surface area (Å²) < 4.78 is 5.46. The smallest absolute Gasteiger partial charge is 0.410 e. The van der Waals surface area contributed by atoms with Crippen molar-refractivity contribution in [3.8, 4) is 0 Å². The first-order valence-corrected chi connectivity index (χ1v) is 9.75. The normalized spacial score (nSPS) is 19.6. The first-order valence-electron chi connectivity index (χ1n) is 8.94. The lowest BCUT2D eigenvalue weighted by atomic mass is 10.0. The van der Waals surface area contributed by atoms with Crippen LogP contribution in [0.25, 0.3) is 0 Å². The highest BCUT2D eigenvalue weighted by molar-refractivity contribution is 7.12. The lowest BCUT2D eigenvalue weighted by molar-refractivity contribution is 0.0287. The molecular formula is C19H32N2O2S. The summed E-state index contributed by atoms with van der Waals surface area (Å²) in [5.74, 6) is 0.572. The van der Waals surface area contributed by atoms with Crippen molar-refractivity contribution >= 4 is 17.4 Å². The van der Waals surface area contributed by atoms with E-state index in [2.05, 4.69) is 32.2 Å². The molecule has 1 amide bonds. The molecule has 2 atom stereocenters. The van der Waals surface area contributed by atoms with Crippen molar-refractivity contribution < 1.29 is 9.53 Å². The van der Waals surface area contributed by atoms with E-state index in [9.17, 15) is 4.79 Å². The van der Waals surface area contributed by atoms with E-state index in [1.54, 1.807) is 0 Å².